The van der Waals surface area contributed by atoms with Gasteiger partial charge in [-0.05, 0) is 32.4 Å². The molecule has 1 heterocycles. The molecule has 16 heavy (non-hydrogen) atoms. The van der Waals surface area contributed by atoms with Crippen molar-refractivity contribution in [3.8, 4) is 0 Å². The Morgan fingerprint density at radius 3 is 2.50 bits per heavy atom. The lowest BCUT2D eigenvalue weighted by Gasteiger charge is -2.09. The molecule has 1 N–H and O–H groups in total. The highest BCUT2D eigenvalue weighted by atomic mass is 14.9. The average molecular weight is 220 g/mol. The van der Waals surface area contributed by atoms with Gasteiger partial charge in [0.2, 0.25) is 0 Å². The Balaban J connectivity index is 2.21. The lowest BCUT2D eigenvalue weighted by molar-refractivity contribution is 0.645. The Morgan fingerprint density at radius 2 is 1.81 bits per heavy atom. The van der Waals surface area contributed by atoms with Crippen molar-refractivity contribution in [1.82, 2.24) is 4.98 Å². The zero-order valence-electron chi connectivity index (χ0n) is 10.8. The number of pyridine rings is 1. The molecule has 1 aromatic rings. The van der Waals surface area contributed by atoms with E-state index in [1.165, 1.54) is 37.8 Å². The topological polar surface area (TPSA) is 24.9 Å². The van der Waals surface area contributed by atoms with Gasteiger partial charge in [-0.25, -0.2) is 0 Å². The van der Waals surface area contributed by atoms with E-state index in [1.54, 1.807) is 0 Å². The summed E-state index contributed by atoms with van der Waals surface area (Å²) in [4.78, 5) is 4.44. The maximum absolute atomic E-state index is 4.44. The van der Waals surface area contributed by atoms with Gasteiger partial charge in [0, 0.05) is 12.2 Å². The molecule has 2 heteroatoms. The van der Waals surface area contributed by atoms with E-state index >= 15 is 0 Å². The molecule has 0 atom stereocenters. The quantitative estimate of drug-likeness (QED) is 0.700. The molecule has 0 fully saturated rings. The maximum Gasteiger partial charge on any atom is 0.0606 e. The van der Waals surface area contributed by atoms with E-state index in [0.29, 0.717) is 0 Å². The Bertz CT molecular complexity index is 308. The number of unbranched alkanes of at least 4 members (excludes halogenated alkanes) is 4. The summed E-state index contributed by atoms with van der Waals surface area (Å²) < 4.78 is 0. The van der Waals surface area contributed by atoms with Gasteiger partial charge in [-0.3, -0.25) is 4.98 Å². The molecule has 0 amide bonds. The summed E-state index contributed by atoms with van der Waals surface area (Å²) in [5.74, 6) is 0. The van der Waals surface area contributed by atoms with E-state index in [1.807, 2.05) is 6.92 Å². The number of nitrogens with one attached hydrogen (secondary N) is 1. The van der Waals surface area contributed by atoms with Crippen LogP contribution in [0.5, 0.6) is 0 Å². The van der Waals surface area contributed by atoms with E-state index < -0.39 is 0 Å². The number of hydrogen-bond acceptors (Lipinski definition) is 2. The average Bonchev–Trinajstić information content (AvgIpc) is 2.26. The number of hydrogen-bond donors (Lipinski definition) is 1. The molecule has 90 valence electrons. The van der Waals surface area contributed by atoms with Crippen molar-refractivity contribution in [1.29, 1.82) is 0 Å². The van der Waals surface area contributed by atoms with Gasteiger partial charge in [-0.1, -0.05) is 32.6 Å². The van der Waals surface area contributed by atoms with Crippen molar-refractivity contribution < 1.29 is 0 Å². The first-order chi connectivity index (χ1) is 7.74. The molecule has 0 saturated carbocycles. The number of nitrogens with zero attached hydrogens (tertiary/aromatic N) is 1. The molecule has 0 radical (unpaired) electrons. The van der Waals surface area contributed by atoms with E-state index in [0.717, 1.165) is 17.9 Å². The van der Waals surface area contributed by atoms with Gasteiger partial charge in [0.15, 0.2) is 0 Å². The Hall–Kier alpha value is -1.05. The predicted molar refractivity (Wildman–Crippen MR) is 71.0 cm³/mol. The van der Waals surface area contributed by atoms with Crippen molar-refractivity contribution in [2.45, 2.75) is 52.9 Å². The van der Waals surface area contributed by atoms with Crippen molar-refractivity contribution in [3.63, 3.8) is 0 Å². The zero-order chi connectivity index (χ0) is 11.8. The second kappa shape index (κ2) is 7.26. The number of anilines is 1. The van der Waals surface area contributed by atoms with E-state index in [2.05, 4.69) is 36.3 Å². The summed E-state index contributed by atoms with van der Waals surface area (Å²) in [5, 5.41) is 3.45. The first kappa shape index (κ1) is 13.0. The zero-order valence-corrected chi connectivity index (χ0v) is 10.8. The number of aromatic nitrogens is 1. The molecule has 0 saturated heterocycles. The van der Waals surface area contributed by atoms with E-state index in [4.69, 9.17) is 0 Å². The highest BCUT2D eigenvalue weighted by Crippen LogP contribution is 2.12. The molecule has 1 rings (SSSR count). The Kier molecular flexibility index (Phi) is 5.91. The summed E-state index contributed by atoms with van der Waals surface area (Å²) in [6.45, 7) is 7.41. The summed E-state index contributed by atoms with van der Waals surface area (Å²) in [7, 11) is 0. The second-order valence-electron chi connectivity index (χ2n) is 4.43. The van der Waals surface area contributed by atoms with Crippen molar-refractivity contribution in [2.75, 3.05) is 11.9 Å². The van der Waals surface area contributed by atoms with Crippen LogP contribution in [-0.4, -0.2) is 11.5 Å². The second-order valence-corrected chi connectivity index (χ2v) is 4.43. The third kappa shape index (κ3) is 4.65. The summed E-state index contributed by atoms with van der Waals surface area (Å²) in [6.07, 6.45) is 6.63. The minimum atomic E-state index is 1.06. The van der Waals surface area contributed by atoms with Crippen LogP contribution in [0.3, 0.4) is 0 Å². The standard InChI is InChI=1S/C14H24N2/c1-4-5-6-7-8-11-15-14-10-9-12(2)16-13(14)3/h9-10,15H,4-8,11H2,1-3H3. The molecule has 0 aromatic carbocycles. The smallest absolute Gasteiger partial charge is 0.0606 e. The van der Waals surface area contributed by atoms with E-state index in [-0.39, 0.29) is 0 Å². The fourth-order valence-electron chi connectivity index (χ4n) is 1.83. The predicted octanol–water partition coefficient (Wildman–Crippen LogP) is 4.08. The fourth-order valence-corrected chi connectivity index (χ4v) is 1.83. The van der Waals surface area contributed by atoms with Crippen molar-refractivity contribution in [2.24, 2.45) is 0 Å². The molecular formula is C14H24N2. The molecule has 2 nitrogen and oxygen atoms in total. The Labute approximate surface area is 99.5 Å². The monoisotopic (exact) mass is 220 g/mol. The SMILES string of the molecule is CCCCCCCNc1ccc(C)nc1C. The van der Waals surface area contributed by atoms with E-state index in [9.17, 15) is 0 Å². The molecule has 1 aromatic heterocycles. The third-order valence-electron chi connectivity index (χ3n) is 2.82. The van der Waals surface area contributed by atoms with Crippen molar-refractivity contribution in [3.05, 3.63) is 23.5 Å². The number of rotatable bonds is 7. The van der Waals surface area contributed by atoms with Gasteiger partial charge >= 0.3 is 0 Å². The van der Waals surface area contributed by atoms with Gasteiger partial charge in [0.05, 0.1) is 11.4 Å². The van der Waals surface area contributed by atoms with Crippen LogP contribution in [0, 0.1) is 13.8 Å². The fraction of sp³-hybridized carbons (Fsp3) is 0.643. The first-order valence-electron chi connectivity index (χ1n) is 6.42. The van der Waals surface area contributed by atoms with Crippen molar-refractivity contribution >= 4 is 5.69 Å². The molecule has 0 aliphatic carbocycles. The van der Waals surface area contributed by atoms with Crippen LogP contribution in [0.2, 0.25) is 0 Å². The van der Waals surface area contributed by atoms with Gasteiger partial charge in [0.1, 0.15) is 0 Å². The van der Waals surface area contributed by atoms with Crippen LogP contribution in [0.15, 0.2) is 12.1 Å². The van der Waals surface area contributed by atoms with Gasteiger partial charge in [0.25, 0.3) is 0 Å². The molecule has 0 bridgehead atoms. The van der Waals surface area contributed by atoms with Crippen LogP contribution in [0.4, 0.5) is 5.69 Å². The van der Waals surface area contributed by atoms with Crippen LogP contribution in [0.1, 0.15) is 50.4 Å². The lowest BCUT2D eigenvalue weighted by Crippen LogP contribution is -2.04. The third-order valence-corrected chi connectivity index (χ3v) is 2.82. The molecule has 0 aliphatic rings. The molecule has 0 unspecified atom stereocenters. The largest absolute Gasteiger partial charge is 0.384 e. The molecule has 0 spiro atoms. The van der Waals surface area contributed by atoms with Gasteiger partial charge < -0.3 is 5.32 Å². The lowest BCUT2D eigenvalue weighted by atomic mass is 10.1. The highest BCUT2D eigenvalue weighted by molar-refractivity contribution is 5.47. The molecule has 0 aliphatic heterocycles. The van der Waals surface area contributed by atoms with Crippen LogP contribution in [0.25, 0.3) is 0 Å². The molecular weight excluding hydrogens is 196 g/mol. The van der Waals surface area contributed by atoms with Crippen LogP contribution < -0.4 is 5.32 Å². The highest BCUT2D eigenvalue weighted by Gasteiger charge is 1.98. The minimum absolute atomic E-state index is 1.06. The van der Waals surface area contributed by atoms with Gasteiger partial charge in [-0.2, -0.15) is 0 Å². The van der Waals surface area contributed by atoms with Gasteiger partial charge in [-0.15, -0.1) is 0 Å². The summed E-state index contributed by atoms with van der Waals surface area (Å²) in [6, 6.07) is 4.19. The normalized spacial score (nSPS) is 10.4. The minimum Gasteiger partial charge on any atom is -0.384 e. The Morgan fingerprint density at radius 1 is 1.06 bits per heavy atom. The van der Waals surface area contributed by atoms with Crippen LogP contribution in [-0.2, 0) is 0 Å². The maximum atomic E-state index is 4.44. The first-order valence-corrected chi connectivity index (χ1v) is 6.42. The summed E-state index contributed by atoms with van der Waals surface area (Å²) in [5.41, 5.74) is 3.38. The van der Waals surface area contributed by atoms with Crippen LogP contribution >= 0.6 is 0 Å². The number of aryl methyl sites for hydroxylation is 2. The summed E-state index contributed by atoms with van der Waals surface area (Å²) >= 11 is 0.